The van der Waals surface area contributed by atoms with Gasteiger partial charge in [0.1, 0.15) is 5.58 Å². The Bertz CT molecular complexity index is 2740. The molecule has 2 heterocycles. The average Bonchev–Trinajstić information content (AvgIpc) is 3.64. The molecule has 0 aliphatic heterocycles. The average molecular weight is 560 g/mol. The van der Waals surface area contributed by atoms with Crippen molar-refractivity contribution in [1.29, 1.82) is 0 Å². The lowest BCUT2D eigenvalue weighted by molar-refractivity contribution is 0.666. The molecule has 0 aliphatic carbocycles. The number of fused-ring (bicyclic) bond motifs is 12. The van der Waals surface area contributed by atoms with Gasteiger partial charge in [0.15, 0.2) is 5.58 Å². The van der Waals surface area contributed by atoms with Crippen LogP contribution in [0.25, 0.3) is 92.9 Å². The summed E-state index contributed by atoms with van der Waals surface area (Å²) in [5, 5.41) is 12.5. The van der Waals surface area contributed by atoms with Crippen LogP contribution >= 0.6 is 0 Å². The monoisotopic (exact) mass is 559 g/mol. The van der Waals surface area contributed by atoms with E-state index in [9.17, 15) is 0 Å². The lowest BCUT2D eigenvalue weighted by atomic mass is 9.92. The van der Waals surface area contributed by atoms with Gasteiger partial charge in [-0.3, -0.25) is 0 Å². The van der Waals surface area contributed by atoms with Crippen LogP contribution < -0.4 is 0 Å². The number of hydrogen-bond donors (Lipinski definition) is 0. The van der Waals surface area contributed by atoms with Crippen molar-refractivity contribution in [2.45, 2.75) is 0 Å². The van der Waals surface area contributed by atoms with Crippen molar-refractivity contribution in [3.05, 3.63) is 152 Å². The third-order valence-corrected chi connectivity index (χ3v) is 9.37. The number of hydrogen-bond acceptors (Lipinski definition) is 1. The summed E-state index contributed by atoms with van der Waals surface area (Å²) in [6, 6.07) is 54.8. The van der Waals surface area contributed by atoms with Gasteiger partial charge in [0.2, 0.25) is 0 Å². The molecule has 10 rings (SSSR count). The smallest absolute Gasteiger partial charge is 0.159 e. The molecule has 0 saturated carbocycles. The van der Waals surface area contributed by atoms with Crippen LogP contribution in [0.2, 0.25) is 0 Å². The van der Waals surface area contributed by atoms with Crippen molar-refractivity contribution >= 4 is 76.1 Å². The highest BCUT2D eigenvalue weighted by molar-refractivity contribution is 6.26. The molecular weight excluding hydrogens is 534 g/mol. The van der Waals surface area contributed by atoms with E-state index in [4.69, 9.17) is 4.42 Å². The standard InChI is InChI=1S/C42H25NO/c1-2-12-30-28(10-1)29-11-3-4-13-31(29)36-24-26(20-22-32(30)36)27-21-23-39-37(25-27)33-14-5-7-17-38(33)43(39)40-18-9-16-35-34-15-6-8-19-41(34)44-42(35)40/h1-25H. The molecular formula is C42H25NO. The van der Waals surface area contributed by atoms with E-state index in [1.54, 1.807) is 0 Å². The quantitative estimate of drug-likeness (QED) is 0.193. The molecule has 10 aromatic rings. The predicted molar refractivity (Wildman–Crippen MR) is 186 cm³/mol. The molecule has 204 valence electrons. The summed E-state index contributed by atoms with van der Waals surface area (Å²) in [7, 11) is 0. The second-order valence-corrected chi connectivity index (χ2v) is 11.7. The fraction of sp³-hybridized carbons (Fsp3) is 0. The maximum atomic E-state index is 6.48. The highest BCUT2D eigenvalue weighted by Gasteiger charge is 2.18. The first kappa shape index (κ1) is 23.7. The number of furan rings is 1. The van der Waals surface area contributed by atoms with E-state index in [2.05, 4.69) is 144 Å². The van der Waals surface area contributed by atoms with Gasteiger partial charge in [0.05, 0.1) is 16.7 Å². The molecule has 2 nitrogen and oxygen atoms in total. The van der Waals surface area contributed by atoms with Gasteiger partial charge in [-0.1, -0.05) is 115 Å². The summed E-state index contributed by atoms with van der Waals surface area (Å²) >= 11 is 0. The lowest BCUT2D eigenvalue weighted by Gasteiger charge is -2.12. The van der Waals surface area contributed by atoms with E-state index in [1.807, 2.05) is 12.1 Å². The molecule has 0 fully saturated rings. The van der Waals surface area contributed by atoms with Crippen LogP contribution in [0.3, 0.4) is 0 Å². The Morgan fingerprint density at radius 3 is 1.61 bits per heavy atom. The number of para-hydroxylation sites is 3. The number of aromatic nitrogens is 1. The first-order valence-electron chi connectivity index (χ1n) is 15.1. The van der Waals surface area contributed by atoms with Crippen LogP contribution in [0.15, 0.2) is 156 Å². The highest BCUT2D eigenvalue weighted by Crippen LogP contribution is 2.41. The molecule has 0 saturated heterocycles. The second-order valence-electron chi connectivity index (χ2n) is 11.7. The maximum absolute atomic E-state index is 6.48. The molecule has 2 heteroatoms. The minimum absolute atomic E-state index is 0.911. The van der Waals surface area contributed by atoms with E-state index < -0.39 is 0 Å². The van der Waals surface area contributed by atoms with Crippen LogP contribution in [0.1, 0.15) is 0 Å². The Hall–Kier alpha value is -5.86. The molecule has 0 unspecified atom stereocenters. The molecule has 0 atom stereocenters. The summed E-state index contributed by atoms with van der Waals surface area (Å²) in [6.07, 6.45) is 0. The molecule has 0 amide bonds. The van der Waals surface area contributed by atoms with E-state index in [-0.39, 0.29) is 0 Å². The summed E-state index contributed by atoms with van der Waals surface area (Å²) in [6.45, 7) is 0. The van der Waals surface area contributed by atoms with Gasteiger partial charge < -0.3 is 8.98 Å². The van der Waals surface area contributed by atoms with Crippen LogP contribution in [-0.4, -0.2) is 4.57 Å². The van der Waals surface area contributed by atoms with Crippen LogP contribution in [0, 0.1) is 0 Å². The molecule has 0 spiro atoms. The third kappa shape index (κ3) is 3.20. The van der Waals surface area contributed by atoms with Gasteiger partial charge in [-0.05, 0) is 79.8 Å². The third-order valence-electron chi connectivity index (χ3n) is 9.37. The zero-order chi connectivity index (χ0) is 28.8. The first-order valence-corrected chi connectivity index (χ1v) is 15.1. The molecule has 44 heavy (non-hydrogen) atoms. The zero-order valence-electron chi connectivity index (χ0n) is 23.8. The molecule has 0 bridgehead atoms. The molecule has 0 aliphatic rings. The lowest BCUT2D eigenvalue weighted by Crippen LogP contribution is -1.94. The summed E-state index contributed by atoms with van der Waals surface area (Å²) in [5.41, 5.74) is 7.65. The topological polar surface area (TPSA) is 18.1 Å². The van der Waals surface area contributed by atoms with E-state index >= 15 is 0 Å². The Morgan fingerprint density at radius 1 is 0.341 bits per heavy atom. The maximum Gasteiger partial charge on any atom is 0.159 e. The van der Waals surface area contributed by atoms with Crippen molar-refractivity contribution in [3.63, 3.8) is 0 Å². The molecule has 0 radical (unpaired) electrons. The summed E-state index contributed by atoms with van der Waals surface area (Å²) < 4.78 is 8.84. The van der Waals surface area contributed by atoms with Gasteiger partial charge in [-0.25, -0.2) is 0 Å². The van der Waals surface area contributed by atoms with Crippen molar-refractivity contribution in [2.24, 2.45) is 0 Å². The zero-order valence-corrected chi connectivity index (χ0v) is 23.8. The fourth-order valence-corrected chi connectivity index (χ4v) is 7.41. The van der Waals surface area contributed by atoms with Crippen LogP contribution in [0.4, 0.5) is 0 Å². The van der Waals surface area contributed by atoms with Gasteiger partial charge in [-0.15, -0.1) is 0 Å². The minimum Gasteiger partial charge on any atom is -0.454 e. The Morgan fingerprint density at radius 2 is 0.864 bits per heavy atom. The van der Waals surface area contributed by atoms with E-state index in [1.165, 1.54) is 65.3 Å². The molecule has 8 aromatic carbocycles. The molecule has 0 N–H and O–H groups in total. The number of rotatable bonds is 2. The van der Waals surface area contributed by atoms with E-state index in [0.29, 0.717) is 0 Å². The van der Waals surface area contributed by atoms with Crippen molar-refractivity contribution in [2.75, 3.05) is 0 Å². The van der Waals surface area contributed by atoms with Crippen LogP contribution in [0.5, 0.6) is 0 Å². The Balaban J connectivity index is 1.23. The summed E-state index contributed by atoms with van der Waals surface area (Å²) in [4.78, 5) is 0. The Labute approximate surface area is 253 Å². The first-order chi connectivity index (χ1) is 21.8. The predicted octanol–water partition coefficient (Wildman–Crippen LogP) is 11.8. The number of nitrogens with zero attached hydrogens (tertiary/aromatic N) is 1. The molecule has 2 aromatic heterocycles. The summed E-state index contributed by atoms with van der Waals surface area (Å²) in [5.74, 6) is 0. The van der Waals surface area contributed by atoms with Gasteiger partial charge in [-0.2, -0.15) is 0 Å². The van der Waals surface area contributed by atoms with Crippen molar-refractivity contribution in [3.8, 4) is 16.8 Å². The van der Waals surface area contributed by atoms with Gasteiger partial charge in [0.25, 0.3) is 0 Å². The number of benzene rings is 8. The highest BCUT2D eigenvalue weighted by atomic mass is 16.3. The van der Waals surface area contributed by atoms with Crippen molar-refractivity contribution in [1.82, 2.24) is 4.57 Å². The normalized spacial score (nSPS) is 12.1. The van der Waals surface area contributed by atoms with E-state index in [0.717, 1.165) is 27.6 Å². The second kappa shape index (κ2) is 8.82. The minimum atomic E-state index is 0.911. The van der Waals surface area contributed by atoms with Crippen LogP contribution in [-0.2, 0) is 0 Å². The largest absolute Gasteiger partial charge is 0.454 e. The van der Waals surface area contributed by atoms with Gasteiger partial charge >= 0.3 is 0 Å². The van der Waals surface area contributed by atoms with Crippen molar-refractivity contribution < 1.29 is 4.42 Å². The van der Waals surface area contributed by atoms with Gasteiger partial charge in [0, 0.05) is 21.5 Å². The fourth-order valence-electron chi connectivity index (χ4n) is 7.41. The SMILES string of the molecule is c1ccc2c(c1)oc1c(-n3c4ccccc4c4cc(-c5ccc6c7ccccc7c7ccccc7c6c5)ccc43)cccc12. The Kier molecular flexibility index (Phi) is 4.75.